The summed E-state index contributed by atoms with van der Waals surface area (Å²) in [5.74, 6) is 0.0747. The number of amides is 1. The molecule has 0 spiro atoms. The fourth-order valence-corrected chi connectivity index (χ4v) is 3.75. The topological polar surface area (TPSA) is 73.0 Å². The number of hydrogen-bond donors (Lipinski definition) is 0. The second-order valence-corrected chi connectivity index (χ2v) is 6.64. The van der Waals surface area contributed by atoms with Crippen LogP contribution in [0.2, 0.25) is 0 Å². The molecule has 7 nitrogen and oxygen atoms in total. The lowest BCUT2D eigenvalue weighted by atomic mass is 10.1. The summed E-state index contributed by atoms with van der Waals surface area (Å²) in [6, 6.07) is 7.74. The molecule has 1 saturated heterocycles. The number of aryl methyl sites for hydroxylation is 1. The highest BCUT2D eigenvalue weighted by Crippen LogP contribution is 2.21. The first-order valence-corrected chi connectivity index (χ1v) is 8.20. The van der Waals surface area contributed by atoms with E-state index in [2.05, 4.69) is 10.1 Å². The molecular weight excluding hydrogens is 314 g/mol. The maximum atomic E-state index is 12.2. The molecule has 2 aromatic heterocycles. The molecule has 0 aliphatic carbocycles. The number of aromatic nitrogens is 4. The van der Waals surface area contributed by atoms with E-state index in [0.29, 0.717) is 26.1 Å². The third-order valence-corrected chi connectivity index (χ3v) is 5.23. The van der Waals surface area contributed by atoms with E-state index in [1.165, 1.54) is 17.9 Å². The van der Waals surface area contributed by atoms with Crippen molar-refractivity contribution in [2.75, 3.05) is 13.1 Å². The van der Waals surface area contributed by atoms with Crippen LogP contribution in [0.15, 0.2) is 41.7 Å². The van der Waals surface area contributed by atoms with Gasteiger partial charge < -0.3 is 4.90 Å². The predicted molar refractivity (Wildman–Crippen MR) is 86.3 cm³/mol. The largest absolute Gasteiger partial charge is 0.338 e. The first-order valence-electron chi connectivity index (χ1n) is 7.43. The molecule has 118 valence electrons. The van der Waals surface area contributed by atoms with Gasteiger partial charge in [-0.2, -0.15) is 5.10 Å². The SMILES string of the molecule is O=C(CCn1sc2ccccc2c1=O)N1CC(n2cncn2)C1. The number of rotatable bonds is 4. The van der Waals surface area contributed by atoms with Crippen LogP contribution in [-0.2, 0) is 11.3 Å². The van der Waals surface area contributed by atoms with Crippen molar-refractivity contribution in [2.24, 2.45) is 0 Å². The van der Waals surface area contributed by atoms with Crippen molar-refractivity contribution in [3.63, 3.8) is 0 Å². The van der Waals surface area contributed by atoms with E-state index >= 15 is 0 Å². The Bertz CT molecular complexity index is 892. The molecule has 1 aliphatic rings. The smallest absolute Gasteiger partial charge is 0.268 e. The van der Waals surface area contributed by atoms with Gasteiger partial charge in [0.1, 0.15) is 12.7 Å². The van der Waals surface area contributed by atoms with E-state index in [4.69, 9.17) is 0 Å². The Balaban J connectivity index is 1.37. The minimum Gasteiger partial charge on any atom is -0.338 e. The van der Waals surface area contributed by atoms with Crippen molar-refractivity contribution in [1.29, 1.82) is 0 Å². The first-order chi connectivity index (χ1) is 11.2. The maximum absolute atomic E-state index is 12.2. The molecular formula is C15H15N5O2S. The second-order valence-electron chi connectivity index (χ2n) is 5.57. The van der Waals surface area contributed by atoms with E-state index < -0.39 is 0 Å². The van der Waals surface area contributed by atoms with Gasteiger partial charge in [0.05, 0.1) is 16.1 Å². The predicted octanol–water partition coefficient (Wildman–Crippen LogP) is 1.13. The summed E-state index contributed by atoms with van der Waals surface area (Å²) < 4.78 is 4.40. The molecule has 23 heavy (non-hydrogen) atoms. The van der Waals surface area contributed by atoms with Gasteiger partial charge in [-0.15, -0.1) is 0 Å². The van der Waals surface area contributed by atoms with Gasteiger partial charge in [-0.1, -0.05) is 23.7 Å². The number of benzene rings is 1. The highest BCUT2D eigenvalue weighted by molar-refractivity contribution is 7.13. The molecule has 0 saturated carbocycles. The molecule has 1 amide bonds. The number of nitrogens with zero attached hydrogens (tertiary/aromatic N) is 5. The molecule has 1 fully saturated rings. The van der Waals surface area contributed by atoms with Gasteiger partial charge in [0.15, 0.2) is 0 Å². The fraction of sp³-hybridized carbons (Fsp3) is 0.333. The van der Waals surface area contributed by atoms with Crippen LogP contribution in [0.25, 0.3) is 10.1 Å². The van der Waals surface area contributed by atoms with E-state index in [1.807, 2.05) is 24.3 Å². The summed E-state index contributed by atoms with van der Waals surface area (Å²) in [6.45, 7) is 1.74. The molecule has 0 atom stereocenters. The average Bonchev–Trinajstić information content (AvgIpc) is 3.13. The number of carbonyl (C=O) groups is 1. The highest BCUT2D eigenvalue weighted by atomic mass is 32.1. The quantitative estimate of drug-likeness (QED) is 0.719. The van der Waals surface area contributed by atoms with E-state index in [0.717, 1.165) is 10.1 Å². The van der Waals surface area contributed by atoms with Crippen LogP contribution in [0.4, 0.5) is 0 Å². The molecule has 0 unspecified atom stereocenters. The summed E-state index contributed by atoms with van der Waals surface area (Å²) in [6.07, 6.45) is 3.51. The number of hydrogen-bond acceptors (Lipinski definition) is 5. The molecule has 3 aromatic rings. The Labute approximate surface area is 135 Å². The first kappa shape index (κ1) is 14.1. The van der Waals surface area contributed by atoms with Gasteiger partial charge >= 0.3 is 0 Å². The number of carbonyl (C=O) groups excluding carboxylic acids is 1. The van der Waals surface area contributed by atoms with Crippen LogP contribution in [0.3, 0.4) is 0 Å². The zero-order valence-electron chi connectivity index (χ0n) is 12.3. The van der Waals surface area contributed by atoms with Crippen molar-refractivity contribution in [3.05, 3.63) is 47.3 Å². The van der Waals surface area contributed by atoms with Crippen LogP contribution < -0.4 is 5.56 Å². The van der Waals surface area contributed by atoms with Crippen molar-refractivity contribution < 1.29 is 4.79 Å². The third-order valence-electron chi connectivity index (χ3n) is 4.11. The Morgan fingerprint density at radius 3 is 2.87 bits per heavy atom. The molecule has 0 radical (unpaired) electrons. The summed E-state index contributed by atoms with van der Waals surface area (Å²) >= 11 is 1.41. The van der Waals surface area contributed by atoms with Crippen LogP contribution in [0.1, 0.15) is 12.5 Å². The molecule has 0 bridgehead atoms. The zero-order valence-corrected chi connectivity index (χ0v) is 13.1. The Hall–Kier alpha value is -2.48. The zero-order chi connectivity index (χ0) is 15.8. The lowest BCUT2D eigenvalue weighted by molar-refractivity contribution is -0.137. The van der Waals surface area contributed by atoms with Crippen LogP contribution >= 0.6 is 11.5 Å². The van der Waals surface area contributed by atoms with Gasteiger partial charge in [-0.25, -0.2) is 9.67 Å². The standard InChI is InChI=1S/C15H15N5O2S/c21-14(18-7-11(8-18)19-10-16-9-17-19)5-6-20-15(22)12-3-1-2-4-13(12)23-20/h1-4,9-11H,5-8H2. The summed E-state index contributed by atoms with van der Waals surface area (Å²) in [4.78, 5) is 30.2. The van der Waals surface area contributed by atoms with E-state index in [1.54, 1.807) is 19.9 Å². The summed E-state index contributed by atoms with van der Waals surface area (Å²) in [5.41, 5.74) is -0.0116. The van der Waals surface area contributed by atoms with Crippen molar-refractivity contribution in [3.8, 4) is 0 Å². The number of likely N-dealkylation sites (tertiary alicyclic amines) is 1. The van der Waals surface area contributed by atoms with Gasteiger partial charge in [0.25, 0.3) is 5.56 Å². The Kier molecular flexibility index (Phi) is 3.45. The maximum Gasteiger partial charge on any atom is 0.268 e. The second kappa shape index (κ2) is 5.62. The summed E-state index contributed by atoms with van der Waals surface area (Å²) in [5, 5.41) is 4.81. The molecule has 4 rings (SSSR count). The lowest BCUT2D eigenvalue weighted by Gasteiger charge is -2.38. The van der Waals surface area contributed by atoms with Gasteiger partial charge in [0.2, 0.25) is 5.91 Å². The molecule has 3 heterocycles. The van der Waals surface area contributed by atoms with Crippen molar-refractivity contribution >= 4 is 27.5 Å². The third kappa shape index (κ3) is 2.55. The molecule has 0 N–H and O–H groups in total. The normalized spacial score (nSPS) is 15.0. The van der Waals surface area contributed by atoms with Gasteiger partial charge in [0, 0.05) is 26.1 Å². The Morgan fingerprint density at radius 2 is 2.13 bits per heavy atom. The molecule has 1 aromatic carbocycles. The highest BCUT2D eigenvalue weighted by Gasteiger charge is 2.32. The van der Waals surface area contributed by atoms with Gasteiger partial charge in [-0.3, -0.25) is 13.5 Å². The van der Waals surface area contributed by atoms with Gasteiger partial charge in [-0.05, 0) is 12.1 Å². The van der Waals surface area contributed by atoms with Crippen LogP contribution in [-0.4, -0.2) is 42.6 Å². The van der Waals surface area contributed by atoms with E-state index in [-0.39, 0.29) is 17.5 Å². The monoisotopic (exact) mass is 329 g/mol. The summed E-state index contributed by atoms with van der Waals surface area (Å²) in [7, 11) is 0. The number of fused-ring (bicyclic) bond motifs is 1. The van der Waals surface area contributed by atoms with Crippen LogP contribution in [0, 0.1) is 0 Å². The minimum atomic E-state index is -0.0116. The van der Waals surface area contributed by atoms with Crippen molar-refractivity contribution in [2.45, 2.75) is 19.0 Å². The minimum absolute atomic E-state index is 0.0116. The molecule has 8 heteroatoms. The lowest BCUT2D eigenvalue weighted by Crippen LogP contribution is -2.51. The van der Waals surface area contributed by atoms with Crippen molar-refractivity contribution in [1.82, 2.24) is 23.6 Å². The molecule has 1 aliphatic heterocycles. The van der Waals surface area contributed by atoms with E-state index in [9.17, 15) is 9.59 Å². The average molecular weight is 329 g/mol. The Morgan fingerprint density at radius 1 is 1.30 bits per heavy atom. The fourth-order valence-electron chi connectivity index (χ4n) is 2.75. The van der Waals surface area contributed by atoms with Crippen LogP contribution in [0.5, 0.6) is 0 Å².